The molecule has 0 bridgehead atoms. The second kappa shape index (κ2) is 6.00. The highest BCUT2D eigenvalue weighted by Crippen LogP contribution is 2.15. The summed E-state index contributed by atoms with van der Waals surface area (Å²) < 4.78 is 13.0. The lowest BCUT2D eigenvalue weighted by atomic mass is 10.0. The van der Waals surface area contributed by atoms with Crippen LogP contribution in [-0.2, 0) is 0 Å². The highest BCUT2D eigenvalue weighted by atomic mass is 19.1. The minimum atomic E-state index is -0.164. The molecule has 0 radical (unpaired) electrons. The molecule has 0 aliphatic carbocycles. The minimum Gasteiger partial charge on any atom is -0.308 e. The summed E-state index contributed by atoms with van der Waals surface area (Å²) in [5.74, 6) is 0.518. The molecule has 0 heterocycles. The number of nitrogens with one attached hydrogen (secondary N) is 1. The highest BCUT2D eigenvalue weighted by Gasteiger charge is 2.10. The molecule has 1 aromatic carbocycles. The average molecular weight is 223 g/mol. The third-order valence-corrected chi connectivity index (χ3v) is 2.71. The fourth-order valence-electron chi connectivity index (χ4n) is 2.07. The van der Waals surface area contributed by atoms with Crippen LogP contribution >= 0.6 is 0 Å². The van der Waals surface area contributed by atoms with Gasteiger partial charge in [-0.15, -0.1) is 0 Å². The maximum atomic E-state index is 13.0. The molecule has 2 heteroatoms. The molecule has 2 unspecified atom stereocenters. The molecule has 1 nitrogen and oxygen atoms in total. The van der Waals surface area contributed by atoms with E-state index in [1.54, 1.807) is 12.1 Å². The van der Waals surface area contributed by atoms with Crippen molar-refractivity contribution in [2.75, 3.05) is 0 Å². The van der Waals surface area contributed by atoms with Crippen molar-refractivity contribution in [3.05, 3.63) is 35.6 Å². The number of rotatable bonds is 5. The normalized spacial score (nSPS) is 15.1. The van der Waals surface area contributed by atoms with Crippen molar-refractivity contribution in [1.29, 1.82) is 0 Å². The van der Waals surface area contributed by atoms with Gasteiger partial charge >= 0.3 is 0 Å². The molecule has 0 aliphatic rings. The molecule has 0 aromatic heterocycles. The Bertz CT molecular complexity index is 322. The zero-order valence-electron chi connectivity index (χ0n) is 10.6. The van der Waals surface area contributed by atoms with E-state index in [-0.39, 0.29) is 11.9 Å². The lowest BCUT2D eigenvalue weighted by Gasteiger charge is -2.21. The summed E-state index contributed by atoms with van der Waals surface area (Å²) in [5.41, 5.74) is 1.01. The van der Waals surface area contributed by atoms with Crippen LogP contribution in [0.4, 0.5) is 4.39 Å². The van der Waals surface area contributed by atoms with Crippen molar-refractivity contribution in [3.63, 3.8) is 0 Å². The maximum Gasteiger partial charge on any atom is 0.123 e. The quantitative estimate of drug-likeness (QED) is 0.798. The number of benzene rings is 1. The maximum absolute atomic E-state index is 13.0. The summed E-state index contributed by atoms with van der Waals surface area (Å²) in [6.45, 7) is 8.68. The largest absolute Gasteiger partial charge is 0.308 e. The molecule has 1 aromatic rings. The van der Waals surface area contributed by atoms with Crippen LogP contribution in [0.1, 0.15) is 45.7 Å². The van der Waals surface area contributed by atoms with Gasteiger partial charge in [-0.2, -0.15) is 0 Å². The Labute approximate surface area is 98.1 Å². The van der Waals surface area contributed by atoms with Crippen LogP contribution in [0.25, 0.3) is 0 Å². The average Bonchev–Trinajstić information content (AvgIpc) is 2.16. The fourth-order valence-corrected chi connectivity index (χ4v) is 2.07. The first-order chi connectivity index (χ1) is 7.49. The van der Waals surface area contributed by atoms with Gasteiger partial charge in [-0.3, -0.25) is 0 Å². The van der Waals surface area contributed by atoms with Crippen molar-refractivity contribution in [1.82, 2.24) is 5.32 Å². The van der Waals surface area contributed by atoms with Gasteiger partial charge in [0, 0.05) is 12.1 Å². The van der Waals surface area contributed by atoms with Crippen molar-refractivity contribution >= 4 is 0 Å². The number of hydrogen-bond donors (Lipinski definition) is 1. The zero-order chi connectivity index (χ0) is 12.1. The van der Waals surface area contributed by atoms with E-state index < -0.39 is 0 Å². The molecule has 0 fully saturated rings. The van der Waals surface area contributed by atoms with E-state index in [1.165, 1.54) is 6.07 Å². The Kier molecular flexibility index (Phi) is 4.94. The molecule has 0 saturated carbocycles. The Morgan fingerprint density at radius 3 is 2.44 bits per heavy atom. The van der Waals surface area contributed by atoms with E-state index in [2.05, 4.69) is 33.0 Å². The summed E-state index contributed by atoms with van der Waals surface area (Å²) in [7, 11) is 0. The summed E-state index contributed by atoms with van der Waals surface area (Å²) in [6.07, 6.45) is 1.14. The van der Waals surface area contributed by atoms with Crippen LogP contribution in [0.2, 0.25) is 0 Å². The smallest absolute Gasteiger partial charge is 0.123 e. The predicted molar refractivity (Wildman–Crippen MR) is 66.9 cm³/mol. The Balaban J connectivity index is 2.55. The molecule has 90 valence electrons. The van der Waals surface area contributed by atoms with E-state index >= 15 is 0 Å². The predicted octanol–water partition coefficient (Wildman–Crippen LogP) is 3.91. The van der Waals surface area contributed by atoms with Gasteiger partial charge in [0.1, 0.15) is 5.82 Å². The molecule has 0 aliphatic heterocycles. The molecular weight excluding hydrogens is 201 g/mol. The van der Waals surface area contributed by atoms with Crippen molar-refractivity contribution in [3.8, 4) is 0 Å². The first-order valence-corrected chi connectivity index (χ1v) is 6.00. The Hall–Kier alpha value is -0.890. The molecule has 0 spiro atoms. The van der Waals surface area contributed by atoms with Crippen LogP contribution < -0.4 is 5.32 Å². The molecule has 0 amide bonds. The van der Waals surface area contributed by atoms with E-state index in [0.29, 0.717) is 12.0 Å². The van der Waals surface area contributed by atoms with Crippen LogP contribution in [0.5, 0.6) is 0 Å². The van der Waals surface area contributed by atoms with E-state index in [9.17, 15) is 4.39 Å². The van der Waals surface area contributed by atoms with Crippen molar-refractivity contribution < 1.29 is 4.39 Å². The lowest BCUT2D eigenvalue weighted by Crippen LogP contribution is -2.30. The lowest BCUT2D eigenvalue weighted by molar-refractivity contribution is 0.406. The summed E-state index contributed by atoms with van der Waals surface area (Å²) >= 11 is 0. The van der Waals surface area contributed by atoms with Gasteiger partial charge in [0.05, 0.1) is 0 Å². The zero-order valence-corrected chi connectivity index (χ0v) is 10.6. The van der Waals surface area contributed by atoms with Crippen LogP contribution in [-0.4, -0.2) is 6.04 Å². The second-order valence-corrected chi connectivity index (χ2v) is 4.97. The van der Waals surface area contributed by atoms with Crippen LogP contribution in [0.3, 0.4) is 0 Å². The monoisotopic (exact) mass is 223 g/mol. The van der Waals surface area contributed by atoms with Gasteiger partial charge in [0.2, 0.25) is 0 Å². The number of halogens is 1. The van der Waals surface area contributed by atoms with Gasteiger partial charge < -0.3 is 5.32 Å². The topological polar surface area (TPSA) is 12.0 Å². The molecule has 0 saturated heterocycles. The van der Waals surface area contributed by atoms with Crippen molar-refractivity contribution in [2.24, 2.45) is 5.92 Å². The first kappa shape index (κ1) is 13.2. The Morgan fingerprint density at radius 1 is 1.19 bits per heavy atom. The highest BCUT2D eigenvalue weighted by molar-refractivity contribution is 5.19. The first-order valence-electron chi connectivity index (χ1n) is 6.00. The number of hydrogen-bond acceptors (Lipinski definition) is 1. The molecule has 16 heavy (non-hydrogen) atoms. The third kappa shape index (κ3) is 4.31. The SMILES string of the molecule is CC(C)CC(C)NC(C)c1cccc(F)c1. The van der Waals surface area contributed by atoms with Gasteiger partial charge in [-0.05, 0) is 43.9 Å². The van der Waals surface area contributed by atoms with Crippen LogP contribution in [0.15, 0.2) is 24.3 Å². The van der Waals surface area contributed by atoms with E-state index in [1.807, 2.05) is 6.07 Å². The van der Waals surface area contributed by atoms with Crippen molar-refractivity contribution in [2.45, 2.75) is 46.2 Å². The molecular formula is C14H22FN. The van der Waals surface area contributed by atoms with Crippen LogP contribution in [0, 0.1) is 11.7 Å². The van der Waals surface area contributed by atoms with Gasteiger partial charge in [0.15, 0.2) is 0 Å². The summed E-state index contributed by atoms with van der Waals surface area (Å²) in [5, 5.41) is 3.49. The summed E-state index contributed by atoms with van der Waals surface area (Å²) in [6, 6.07) is 7.45. The standard InChI is InChI=1S/C14H22FN/c1-10(2)8-11(3)16-12(4)13-6-5-7-14(15)9-13/h5-7,9-12,16H,8H2,1-4H3. The minimum absolute atomic E-state index is 0.164. The molecule has 1 N–H and O–H groups in total. The van der Waals surface area contributed by atoms with E-state index in [4.69, 9.17) is 0 Å². The van der Waals surface area contributed by atoms with E-state index in [0.717, 1.165) is 12.0 Å². The Morgan fingerprint density at radius 2 is 1.88 bits per heavy atom. The second-order valence-electron chi connectivity index (χ2n) is 4.97. The summed E-state index contributed by atoms with van der Waals surface area (Å²) in [4.78, 5) is 0. The van der Waals surface area contributed by atoms with Gasteiger partial charge in [0.25, 0.3) is 0 Å². The van der Waals surface area contributed by atoms with Gasteiger partial charge in [-0.25, -0.2) is 4.39 Å². The molecule has 1 rings (SSSR count). The fraction of sp³-hybridized carbons (Fsp3) is 0.571. The third-order valence-electron chi connectivity index (χ3n) is 2.71. The van der Waals surface area contributed by atoms with Gasteiger partial charge in [-0.1, -0.05) is 26.0 Å². The molecule has 2 atom stereocenters.